The lowest BCUT2D eigenvalue weighted by atomic mass is 9.82. The summed E-state index contributed by atoms with van der Waals surface area (Å²) in [7, 11) is 0. The predicted octanol–water partition coefficient (Wildman–Crippen LogP) is 0.501. The van der Waals surface area contributed by atoms with E-state index in [1.807, 2.05) is 4.90 Å². The maximum absolute atomic E-state index is 13.1. The van der Waals surface area contributed by atoms with Gasteiger partial charge in [0.15, 0.2) is 0 Å². The number of nitrogens with two attached hydrogens (primary N) is 1. The largest absolute Gasteiger partial charge is 0.369 e. The van der Waals surface area contributed by atoms with Crippen molar-refractivity contribution in [2.24, 2.45) is 5.92 Å². The summed E-state index contributed by atoms with van der Waals surface area (Å²) in [5.41, 5.74) is 6.83. The SMILES string of the molecule is Nc1nc2c(c(=O)[nH]1)CCN(C(=O)[C@@H]1CCCN3CCCC[C@H]13)C2. The van der Waals surface area contributed by atoms with Gasteiger partial charge in [-0.25, -0.2) is 4.98 Å². The zero-order valence-corrected chi connectivity index (χ0v) is 14.0. The van der Waals surface area contributed by atoms with Crippen LogP contribution in [0.4, 0.5) is 5.95 Å². The fourth-order valence-corrected chi connectivity index (χ4v) is 4.63. The van der Waals surface area contributed by atoms with E-state index in [0.29, 0.717) is 36.8 Å². The Kier molecular flexibility index (Phi) is 4.04. The summed E-state index contributed by atoms with van der Waals surface area (Å²) in [6, 6.07) is 0.401. The van der Waals surface area contributed by atoms with Crippen molar-refractivity contribution in [1.29, 1.82) is 0 Å². The number of fused-ring (bicyclic) bond motifs is 2. The molecule has 0 bridgehead atoms. The molecule has 1 aromatic rings. The van der Waals surface area contributed by atoms with Gasteiger partial charge in [-0.2, -0.15) is 0 Å². The third kappa shape index (κ3) is 2.70. The van der Waals surface area contributed by atoms with Gasteiger partial charge >= 0.3 is 0 Å². The molecule has 2 saturated heterocycles. The molecule has 4 heterocycles. The third-order valence-electron chi connectivity index (χ3n) is 5.81. The Morgan fingerprint density at radius 2 is 2.00 bits per heavy atom. The Morgan fingerprint density at radius 1 is 1.17 bits per heavy atom. The molecule has 2 fully saturated rings. The van der Waals surface area contributed by atoms with Crippen LogP contribution < -0.4 is 11.3 Å². The van der Waals surface area contributed by atoms with Crippen LogP contribution in [0.2, 0.25) is 0 Å². The topological polar surface area (TPSA) is 95.3 Å². The normalized spacial score (nSPS) is 27.4. The first-order valence-electron chi connectivity index (χ1n) is 9.04. The first kappa shape index (κ1) is 15.6. The van der Waals surface area contributed by atoms with E-state index in [0.717, 1.165) is 32.4 Å². The number of carbonyl (C=O) groups is 1. The Bertz CT molecular complexity index is 699. The van der Waals surface area contributed by atoms with Gasteiger partial charge in [-0.3, -0.25) is 19.5 Å². The number of nitrogens with zero attached hydrogens (tertiary/aromatic N) is 3. The minimum atomic E-state index is -0.166. The van der Waals surface area contributed by atoms with Crippen LogP contribution in [0.25, 0.3) is 0 Å². The van der Waals surface area contributed by atoms with Gasteiger partial charge in [0.2, 0.25) is 11.9 Å². The summed E-state index contributed by atoms with van der Waals surface area (Å²) in [4.78, 5) is 36.3. The van der Waals surface area contributed by atoms with E-state index in [1.54, 1.807) is 0 Å². The molecule has 130 valence electrons. The fraction of sp³-hybridized carbons (Fsp3) is 0.706. The molecule has 7 heteroatoms. The molecule has 3 aliphatic rings. The Balaban J connectivity index is 1.53. The maximum Gasteiger partial charge on any atom is 0.255 e. The van der Waals surface area contributed by atoms with Crippen LogP contribution in [0, 0.1) is 5.92 Å². The molecule has 2 atom stereocenters. The molecule has 3 N–H and O–H groups in total. The quantitative estimate of drug-likeness (QED) is 0.781. The monoisotopic (exact) mass is 331 g/mol. The average molecular weight is 331 g/mol. The molecule has 24 heavy (non-hydrogen) atoms. The van der Waals surface area contributed by atoms with Crippen molar-refractivity contribution in [1.82, 2.24) is 19.8 Å². The second-order valence-electron chi connectivity index (χ2n) is 7.23. The molecule has 0 aromatic carbocycles. The molecule has 0 aliphatic carbocycles. The molecule has 4 rings (SSSR count). The third-order valence-corrected chi connectivity index (χ3v) is 5.81. The molecule has 0 spiro atoms. The molecule has 7 nitrogen and oxygen atoms in total. The second kappa shape index (κ2) is 6.20. The molecule has 1 aromatic heterocycles. The Hall–Kier alpha value is -1.89. The minimum absolute atomic E-state index is 0.0972. The number of aromatic nitrogens is 2. The number of aromatic amines is 1. The standard InChI is InChI=1S/C17H25N5O2/c18-17-19-13-10-22(9-6-11(13)15(23)20-17)16(24)12-4-3-8-21-7-2-1-5-14(12)21/h12,14H,1-10H2,(H3,18,19,20,23)/t12-,14-/m1/s1. The molecular formula is C17H25N5O2. The summed E-state index contributed by atoms with van der Waals surface area (Å²) in [6.45, 7) is 3.27. The van der Waals surface area contributed by atoms with Crippen LogP contribution in [-0.2, 0) is 17.8 Å². The highest BCUT2D eigenvalue weighted by Gasteiger charge is 2.39. The van der Waals surface area contributed by atoms with E-state index in [4.69, 9.17) is 5.73 Å². The van der Waals surface area contributed by atoms with Gasteiger partial charge in [0.25, 0.3) is 5.56 Å². The highest BCUT2D eigenvalue weighted by atomic mass is 16.2. The van der Waals surface area contributed by atoms with Crippen LogP contribution in [-0.4, -0.2) is 51.4 Å². The number of piperidine rings is 2. The first-order chi connectivity index (χ1) is 11.6. The molecule has 0 radical (unpaired) electrons. The van der Waals surface area contributed by atoms with Crippen molar-refractivity contribution in [3.05, 3.63) is 21.6 Å². The highest BCUT2D eigenvalue weighted by molar-refractivity contribution is 5.80. The number of rotatable bonds is 1. The van der Waals surface area contributed by atoms with Gasteiger partial charge in [-0.05, 0) is 45.2 Å². The van der Waals surface area contributed by atoms with Crippen LogP contribution in [0.15, 0.2) is 4.79 Å². The average Bonchev–Trinajstić information content (AvgIpc) is 2.60. The summed E-state index contributed by atoms with van der Waals surface area (Å²) in [5, 5.41) is 0. The predicted molar refractivity (Wildman–Crippen MR) is 90.3 cm³/mol. The van der Waals surface area contributed by atoms with Gasteiger partial charge in [0.1, 0.15) is 0 Å². The number of nitrogen functional groups attached to an aromatic ring is 1. The van der Waals surface area contributed by atoms with Crippen molar-refractivity contribution < 1.29 is 4.79 Å². The van der Waals surface area contributed by atoms with Gasteiger partial charge in [0, 0.05) is 18.2 Å². The first-order valence-corrected chi connectivity index (χ1v) is 9.04. The van der Waals surface area contributed by atoms with Crippen LogP contribution in [0.1, 0.15) is 43.4 Å². The number of nitrogens with one attached hydrogen (secondary N) is 1. The lowest BCUT2D eigenvalue weighted by molar-refractivity contribution is -0.141. The Morgan fingerprint density at radius 3 is 2.88 bits per heavy atom. The summed E-state index contributed by atoms with van der Waals surface area (Å²) < 4.78 is 0. The van der Waals surface area contributed by atoms with E-state index in [9.17, 15) is 9.59 Å². The molecule has 1 amide bonds. The zero-order chi connectivity index (χ0) is 16.7. The van der Waals surface area contributed by atoms with Crippen LogP contribution in [0.5, 0.6) is 0 Å². The molecule has 0 unspecified atom stereocenters. The number of H-pyrrole nitrogens is 1. The van der Waals surface area contributed by atoms with Crippen molar-refractivity contribution in [2.45, 2.75) is 51.1 Å². The minimum Gasteiger partial charge on any atom is -0.369 e. The van der Waals surface area contributed by atoms with E-state index in [2.05, 4.69) is 14.9 Å². The lowest BCUT2D eigenvalue weighted by Crippen LogP contribution is -2.54. The van der Waals surface area contributed by atoms with Gasteiger partial charge in [-0.15, -0.1) is 0 Å². The van der Waals surface area contributed by atoms with Gasteiger partial charge < -0.3 is 10.6 Å². The van der Waals surface area contributed by atoms with E-state index < -0.39 is 0 Å². The number of amides is 1. The smallest absolute Gasteiger partial charge is 0.255 e. The second-order valence-corrected chi connectivity index (χ2v) is 7.23. The highest BCUT2D eigenvalue weighted by Crippen LogP contribution is 2.32. The number of anilines is 1. The Labute approximate surface area is 141 Å². The number of hydrogen-bond acceptors (Lipinski definition) is 5. The van der Waals surface area contributed by atoms with Crippen molar-refractivity contribution in [2.75, 3.05) is 25.4 Å². The summed E-state index contributed by atoms with van der Waals surface area (Å²) in [5.74, 6) is 0.460. The summed E-state index contributed by atoms with van der Waals surface area (Å²) >= 11 is 0. The fourth-order valence-electron chi connectivity index (χ4n) is 4.63. The van der Waals surface area contributed by atoms with Crippen LogP contribution in [0.3, 0.4) is 0 Å². The van der Waals surface area contributed by atoms with Crippen molar-refractivity contribution >= 4 is 11.9 Å². The van der Waals surface area contributed by atoms with Gasteiger partial charge in [-0.1, -0.05) is 6.42 Å². The van der Waals surface area contributed by atoms with E-state index >= 15 is 0 Å². The summed E-state index contributed by atoms with van der Waals surface area (Å²) in [6.07, 6.45) is 6.24. The van der Waals surface area contributed by atoms with Crippen molar-refractivity contribution in [3.8, 4) is 0 Å². The number of hydrogen-bond donors (Lipinski definition) is 2. The van der Waals surface area contributed by atoms with Crippen molar-refractivity contribution in [3.63, 3.8) is 0 Å². The molecule has 3 aliphatic heterocycles. The maximum atomic E-state index is 13.1. The number of carbonyl (C=O) groups excluding carboxylic acids is 1. The van der Waals surface area contributed by atoms with E-state index in [1.165, 1.54) is 12.8 Å². The van der Waals surface area contributed by atoms with Crippen LogP contribution >= 0.6 is 0 Å². The molecule has 0 saturated carbocycles. The van der Waals surface area contributed by atoms with E-state index in [-0.39, 0.29) is 23.3 Å². The zero-order valence-electron chi connectivity index (χ0n) is 14.0. The lowest BCUT2D eigenvalue weighted by Gasteiger charge is -2.45. The molecular weight excluding hydrogens is 306 g/mol. The van der Waals surface area contributed by atoms with Gasteiger partial charge in [0.05, 0.1) is 18.2 Å².